The van der Waals surface area contributed by atoms with E-state index in [-0.39, 0.29) is 11.9 Å². The molecule has 0 saturated carbocycles. The summed E-state index contributed by atoms with van der Waals surface area (Å²) in [5.41, 5.74) is 2.25. The number of rotatable bonds is 4. The second kappa shape index (κ2) is 5.63. The van der Waals surface area contributed by atoms with Crippen molar-refractivity contribution < 1.29 is 9.21 Å². The van der Waals surface area contributed by atoms with Crippen molar-refractivity contribution in [3.8, 4) is 0 Å². The highest BCUT2D eigenvalue weighted by atomic mass is 16.3. The number of carbonyl (C=O) groups excluding carboxylic acids is 1. The molecule has 3 aromatic rings. The predicted molar refractivity (Wildman–Crippen MR) is 82.4 cm³/mol. The van der Waals surface area contributed by atoms with Crippen LogP contribution in [0.3, 0.4) is 0 Å². The van der Waals surface area contributed by atoms with Gasteiger partial charge in [0.2, 0.25) is 0 Å². The Hall–Kier alpha value is -2.63. The van der Waals surface area contributed by atoms with Crippen LogP contribution >= 0.6 is 0 Å². The summed E-state index contributed by atoms with van der Waals surface area (Å²) in [6.07, 6.45) is 1.61. The lowest BCUT2D eigenvalue weighted by molar-refractivity contribution is 0.0726. The summed E-state index contributed by atoms with van der Waals surface area (Å²) in [6, 6.07) is 9.03. The van der Waals surface area contributed by atoms with Crippen molar-refractivity contribution in [1.29, 1.82) is 0 Å². The van der Waals surface area contributed by atoms with Gasteiger partial charge in [-0.2, -0.15) is 0 Å². The van der Waals surface area contributed by atoms with E-state index in [1.54, 1.807) is 29.0 Å². The Morgan fingerprint density at radius 2 is 2.23 bits per heavy atom. The molecule has 0 N–H and O–H groups in total. The topological polar surface area (TPSA) is 64.2 Å². The second-order valence-corrected chi connectivity index (χ2v) is 5.22. The number of nitrogens with zero attached hydrogens (tertiary/aromatic N) is 4. The molecule has 0 saturated heterocycles. The molecule has 2 heterocycles. The SMILES string of the molecule is CCn1nnc2cc(C(=O)N(C)C(C)c3ccco3)ccc21. The first-order valence-corrected chi connectivity index (χ1v) is 7.25. The Labute approximate surface area is 128 Å². The van der Waals surface area contributed by atoms with Gasteiger partial charge in [0.05, 0.1) is 17.8 Å². The van der Waals surface area contributed by atoms with Crippen molar-refractivity contribution in [2.24, 2.45) is 0 Å². The molecule has 0 aliphatic carbocycles. The first-order chi connectivity index (χ1) is 10.6. The number of hydrogen-bond acceptors (Lipinski definition) is 4. The van der Waals surface area contributed by atoms with Crippen LogP contribution in [0.4, 0.5) is 0 Å². The Morgan fingerprint density at radius 1 is 1.41 bits per heavy atom. The average molecular weight is 298 g/mol. The van der Waals surface area contributed by atoms with Gasteiger partial charge < -0.3 is 9.32 Å². The Balaban J connectivity index is 1.88. The van der Waals surface area contributed by atoms with Crippen LogP contribution < -0.4 is 0 Å². The first kappa shape index (κ1) is 14.3. The van der Waals surface area contributed by atoms with Gasteiger partial charge in [-0.25, -0.2) is 4.68 Å². The van der Waals surface area contributed by atoms with Crippen molar-refractivity contribution in [2.75, 3.05) is 7.05 Å². The molecule has 1 amide bonds. The molecule has 6 nitrogen and oxygen atoms in total. The van der Waals surface area contributed by atoms with Crippen LogP contribution in [0.25, 0.3) is 11.0 Å². The number of amides is 1. The quantitative estimate of drug-likeness (QED) is 0.743. The lowest BCUT2D eigenvalue weighted by Gasteiger charge is -2.23. The van der Waals surface area contributed by atoms with Crippen LogP contribution in [0.2, 0.25) is 0 Å². The number of aromatic nitrogens is 3. The maximum Gasteiger partial charge on any atom is 0.254 e. The van der Waals surface area contributed by atoms with Gasteiger partial charge >= 0.3 is 0 Å². The summed E-state index contributed by atoms with van der Waals surface area (Å²) in [7, 11) is 1.77. The van der Waals surface area contributed by atoms with Crippen molar-refractivity contribution >= 4 is 16.9 Å². The summed E-state index contributed by atoms with van der Waals surface area (Å²) in [5, 5.41) is 8.17. The van der Waals surface area contributed by atoms with Gasteiger partial charge in [-0.05, 0) is 44.2 Å². The molecule has 0 spiro atoms. The largest absolute Gasteiger partial charge is 0.467 e. The molecule has 0 fully saturated rings. The molecular formula is C16H18N4O2. The Morgan fingerprint density at radius 3 is 2.91 bits per heavy atom. The summed E-state index contributed by atoms with van der Waals surface area (Å²) < 4.78 is 7.18. The van der Waals surface area contributed by atoms with Gasteiger partial charge in [0.15, 0.2) is 0 Å². The maximum atomic E-state index is 12.6. The van der Waals surface area contributed by atoms with Gasteiger partial charge in [0, 0.05) is 19.2 Å². The van der Waals surface area contributed by atoms with Crippen molar-refractivity contribution in [3.05, 3.63) is 47.9 Å². The van der Waals surface area contributed by atoms with E-state index in [0.717, 1.165) is 23.3 Å². The van der Waals surface area contributed by atoms with Crippen molar-refractivity contribution in [3.63, 3.8) is 0 Å². The maximum absolute atomic E-state index is 12.6. The molecule has 6 heteroatoms. The van der Waals surface area contributed by atoms with E-state index in [0.29, 0.717) is 5.56 Å². The molecule has 0 aliphatic rings. The molecule has 3 rings (SSSR count). The number of furan rings is 1. The average Bonchev–Trinajstić information content (AvgIpc) is 3.21. The van der Waals surface area contributed by atoms with Crippen LogP contribution in [0.1, 0.15) is 36.0 Å². The van der Waals surface area contributed by atoms with Gasteiger partial charge in [-0.3, -0.25) is 4.79 Å². The smallest absolute Gasteiger partial charge is 0.254 e. The second-order valence-electron chi connectivity index (χ2n) is 5.22. The number of benzene rings is 1. The highest BCUT2D eigenvalue weighted by Gasteiger charge is 2.21. The molecule has 0 bridgehead atoms. The van der Waals surface area contributed by atoms with Crippen LogP contribution in [0.15, 0.2) is 41.0 Å². The summed E-state index contributed by atoms with van der Waals surface area (Å²) in [4.78, 5) is 14.3. The monoisotopic (exact) mass is 298 g/mol. The van der Waals surface area contributed by atoms with Crippen LogP contribution in [0, 0.1) is 0 Å². The zero-order valence-corrected chi connectivity index (χ0v) is 12.9. The number of fused-ring (bicyclic) bond motifs is 1. The number of carbonyl (C=O) groups is 1. The highest BCUT2D eigenvalue weighted by molar-refractivity contribution is 5.97. The minimum Gasteiger partial charge on any atom is -0.467 e. The fraction of sp³-hybridized carbons (Fsp3) is 0.312. The first-order valence-electron chi connectivity index (χ1n) is 7.25. The standard InChI is InChI=1S/C16H18N4O2/c1-4-20-14-8-7-12(10-13(14)17-18-20)16(21)19(3)11(2)15-6-5-9-22-15/h5-11H,4H2,1-3H3. The predicted octanol–water partition coefficient (Wildman–Crippen LogP) is 2.88. The summed E-state index contributed by atoms with van der Waals surface area (Å²) in [6.45, 7) is 4.69. The third-order valence-electron chi connectivity index (χ3n) is 3.92. The molecule has 1 unspecified atom stereocenters. The molecule has 114 valence electrons. The number of hydrogen-bond donors (Lipinski definition) is 0. The van der Waals surface area contributed by atoms with Crippen LogP contribution in [-0.4, -0.2) is 32.8 Å². The van der Waals surface area contributed by atoms with E-state index < -0.39 is 0 Å². The summed E-state index contributed by atoms with van der Waals surface area (Å²) >= 11 is 0. The van der Waals surface area contributed by atoms with Crippen LogP contribution in [0.5, 0.6) is 0 Å². The van der Waals surface area contributed by atoms with Crippen molar-refractivity contribution in [1.82, 2.24) is 19.9 Å². The van der Waals surface area contributed by atoms with E-state index in [1.807, 2.05) is 38.1 Å². The Bertz CT molecular complexity index is 792. The molecule has 22 heavy (non-hydrogen) atoms. The van der Waals surface area contributed by atoms with Gasteiger partial charge in [0.1, 0.15) is 11.3 Å². The van der Waals surface area contributed by atoms with Gasteiger partial charge in [-0.1, -0.05) is 5.21 Å². The van der Waals surface area contributed by atoms with E-state index in [4.69, 9.17) is 4.42 Å². The van der Waals surface area contributed by atoms with Gasteiger partial charge in [-0.15, -0.1) is 5.10 Å². The zero-order chi connectivity index (χ0) is 15.7. The highest BCUT2D eigenvalue weighted by Crippen LogP contribution is 2.22. The molecule has 0 aliphatic heterocycles. The lowest BCUT2D eigenvalue weighted by atomic mass is 10.1. The van der Waals surface area contributed by atoms with Crippen molar-refractivity contribution in [2.45, 2.75) is 26.4 Å². The van der Waals surface area contributed by atoms with E-state index >= 15 is 0 Å². The third kappa shape index (κ3) is 2.36. The van der Waals surface area contributed by atoms with E-state index in [1.165, 1.54) is 0 Å². The minimum absolute atomic E-state index is 0.0724. The minimum atomic E-state index is -0.135. The zero-order valence-electron chi connectivity index (χ0n) is 12.9. The van der Waals surface area contributed by atoms with E-state index in [2.05, 4.69) is 10.3 Å². The Kier molecular flexibility index (Phi) is 3.66. The fourth-order valence-corrected chi connectivity index (χ4v) is 2.44. The number of aryl methyl sites for hydroxylation is 1. The summed E-state index contributed by atoms with van der Waals surface area (Å²) in [5.74, 6) is 0.686. The van der Waals surface area contributed by atoms with Gasteiger partial charge in [0.25, 0.3) is 5.91 Å². The molecule has 0 radical (unpaired) electrons. The van der Waals surface area contributed by atoms with Crippen LogP contribution in [-0.2, 0) is 6.54 Å². The normalized spacial score (nSPS) is 12.5. The van der Waals surface area contributed by atoms with E-state index in [9.17, 15) is 4.79 Å². The molecule has 1 aromatic carbocycles. The third-order valence-corrected chi connectivity index (χ3v) is 3.92. The fourth-order valence-electron chi connectivity index (χ4n) is 2.44. The lowest BCUT2D eigenvalue weighted by Crippen LogP contribution is -2.29. The molecule has 1 atom stereocenters. The molecule has 2 aromatic heterocycles. The molecular weight excluding hydrogens is 280 g/mol.